The third-order valence-electron chi connectivity index (χ3n) is 3.87. The quantitative estimate of drug-likeness (QED) is 0.886. The van der Waals surface area contributed by atoms with Crippen LogP contribution in [0.25, 0.3) is 0 Å². The van der Waals surface area contributed by atoms with Gasteiger partial charge in [0.05, 0.1) is 0 Å². The van der Waals surface area contributed by atoms with Gasteiger partial charge in [0.25, 0.3) is 0 Å². The Morgan fingerprint density at radius 1 is 1.28 bits per heavy atom. The number of phenolic OH excluding ortho intramolecular Hbond substituents is 1. The van der Waals surface area contributed by atoms with E-state index in [1.807, 2.05) is 12.1 Å². The van der Waals surface area contributed by atoms with E-state index in [1.165, 1.54) is 19.3 Å². The van der Waals surface area contributed by atoms with E-state index in [0.717, 1.165) is 29.7 Å². The summed E-state index contributed by atoms with van der Waals surface area (Å²) in [6.07, 6.45) is 3.79. The van der Waals surface area contributed by atoms with Gasteiger partial charge in [0.1, 0.15) is 5.75 Å². The zero-order chi connectivity index (χ0) is 13.2. The first kappa shape index (κ1) is 13.9. The standard InChI is InChI=1S/C15H22BrNO/c1-15(2)6-3-8-17(9-7-15)11-12-10-13(16)4-5-14(12)18/h4-5,10,18H,3,6-9,11H2,1-2H3. The molecule has 0 aliphatic carbocycles. The van der Waals surface area contributed by atoms with Crippen molar-refractivity contribution in [2.24, 2.45) is 5.41 Å². The van der Waals surface area contributed by atoms with E-state index in [-0.39, 0.29) is 0 Å². The molecule has 0 amide bonds. The van der Waals surface area contributed by atoms with Gasteiger partial charge in [-0.2, -0.15) is 0 Å². The molecule has 1 aliphatic rings. The van der Waals surface area contributed by atoms with Crippen molar-refractivity contribution in [1.29, 1.82) is 0 Å². The second kappa shape index (κ2) is 5.62. The Balaban J connectivity index is 2.03. The third-order valence-corrected chi connectivity index (χ3v) is 4.36. The minimum Gasteiger partial charge on any atom is -0.508 e. The first-order valence-electron chi connectivity index (χ1n) is 6.66. The first-order valence-corrected chi connectivity index (χ1v) is 7.45. The molecule has 0 spiro atoms. The monoisotopic (exact) mass is 311 g/mol. The topological polar surface area (TPSA) is 23.5 Å². The fraction of sp³-hybridized carbons (Fsp3) is 0.600. The number of likely N-dealkylation sites (tertiary alicyclic amines) is 1. The fourth-order valence-corrected chi connectivity index (χ4v) is 2.97. The third kappa shape index (κ3) is 3.72. The number of rotatable bonds is 2. The number of hydrogen-bond acceptors (Lipinski definition) is 2. The summed E-state index contributed by atoms with van der Waals surface area (Å²) >= 11 is 3.47. The van der Waals surface area contributed by atoms with Crippen molar-refractivity contribution in [3.05, 3.63) is 28.2 Å². The van der Waals surface area contributed by atoms with Crippen LogP contribution in [0.3, 0.4) is 0 Å². The predicted molar refractivity (Wildman–Crippen MR) is 78.7 cm³/mol. The van der Waals surface area contributed by atoms with Crippen LogP contribution in [0.5, 0.6) is 5.75 Å². The molecule has 2 nitrogen and oxygen atoms in total. The molecular formula is C15H22BrNO. The summed E-state index contributed by atoms with van der Waals surface area (Å²) in [4.78, 5) is 2.45. The van der Waals surface area contributed by atoms with Gasteiger partial charge in [0.15, 0.2) is 0 Å². The maximum Gasteiger partial charge on any atom is 0.120 e. The zero-order valence-corrected chi connectivity index (χ0v) is 12.8. The number of halogens is 1. The van der Waals surface area contributed by atoms with Crippen LogP contribution in [-0.2, 0) is 6.54 Å². The predicted octanol–water partition coefficient (Wildman–Crippen LogP) is 4.17. The van der Waals surface area contributed by atoms with E-state index >= 15 is 0 Å². The van der Waals surface area contributed by atoms with Crippen LogP contribution in [0.4, 0.5) is 0 Å². The lowest BCUT2D eigenvalue weighted by molar-refractivity contribution is 0.253. The highest BCUT2D eigenvalue weighted by Crippen LogP contribution is 2.31. The summed E-state index contributed by atoms with van der Waals surface area (Å²) in [6.45, 7) is 7.82. The van der Waals surface area contributed by atoms with Gasteiger partial charge in [-0.05, 0) is 56.0 Å². The minimum absolute atomic E-state index is 0.404. The molecule has 1 heterocycles. The highest BCUT2D eigenvalue weighted by atomic mass is 79.9. The summed E-state index contributed by atoms with van der Waals surface area (Å²) in [7, 11) is 0. The molecule has 18 heavy (non-hydrogen) atoms. The molecule has 1 fully saturated rings. The molecule has 3 heteroatoms. The Kier molecular flexibility index (Phi) is 4.33. The Hall–Kier alpha value is -0.540. The van der Waals surface area contributed by atoms with Crippen LogP contribution in [0.1, 0.15) is 38.7 Å². The van der Waals surface area contributed by atoms with Crippen LogP contribution >= 0.6 is 15.9 Å². The lowest BCUT2D eigenvalue weighted by Crippen LogP contribution is -2.25. The number of aromatic hydroxyl groups is 1. The maximum atomic E-state index is 9.89. The molecular weight excluding hydrogens is 290 g/mol. The summed E-state index contributed by atoms with van der Waals surface area (Å²) in [6, 6.07) is 5.66. The highest BCUT2D eigenvalue weighted by Gasteiger charge is 2.23. The smallest absolute Gasteiger partial charge is 0.120 e. The SMILES string of the molecule is CC1(C)CCCN(Cc2cc(Br)ccc2O)CC1. The number of benzene rings is 1. The zero-order valence-electron chi connectivity index (χ0n) is 11.2. The van der Waals surface area contributed by atoms with E-state index in [9.17, 15) is 5.11 Å². The summed E-state index contributed by atoms with van der Waals surface area (Å²) < 4.78 is 1.03. The van der Waals surface area contributed by atoms with Gasteiger partial charge in [0, 0.05) is 16.6 Å². The summed E-state index contributed by atoms with van der Waals surface area (Å²) in [5, 5.41) is 9.89. The van der Waals surface area contributed by atoms with Crippen LogP contribution in [-0.4, -0.2) is 23.1 Å². The van der Waals surface area contributed by atoms with E-state index in [4.69, 9.17) is 0 Å². The summed E-state index contributed by atoms with van der Waals surface area (Å²) in [5.41, 5.74) is 1.48. The van der Waals surface area contributed by atoms with Crippen LogP contribution < -0.4 is 0 Å². The molecule has 1 aromatic carbocycles. The van der Waals surface area contributed by atoms with Crippen molar-refractivity contribution in [2.45, 2.75) is 39.7 Å². The van der Waals surface area contributed by atoms with E-state index in [0.29, 0.717) is 11.2 Å². The van der Waals surface area contributed by atoms with Crippen LogP contribution in [0.15, 0.2) is 22.7 Å². The lowest BCUT2D eigenvalue weighted by Gasteiger charge is -2.23. The minimum atomic E-state index is 0.404. The molecule has 0 unspecified atom stereocenters. The van der Waals surface area contributed by atoms with E-state index in [2.05, 4.69) is 34.7 Å². The first-order chi connectivity index (χ1) is 8.46. The second-order valence-corrected chi connectivity index (χ2v) is 6.98. The normalized spacial score (nSPS) is 20.6. The molecule has 1 aliphatic heterocycles. The van der Waals surface area contributed by atoms with Crippen LogP contribution in [0.2, 0.25) is 0 Å². The Morgan fingerprint density at radius 2 is 2.06 bits per heavy atom. The Morgan fingerprint density at radius 3 is 2.83 bits per heavy atom. The average Bonchev–Trinajstić information content (AvgIpc) is 2.46. The van der Waals surface area contributed by atoms with Crippen molar-refractivity contribution in [2.75, 3.05) is 13.1 Å². The molecule has 1 saturated heterocycles. The van der Waals surface area contributed by atoms with Gasteiger partial charge in [-0.15, -0.1) is 0 Å². The molecule has 0 radical (unpaired) electrons. The number of nitrogens with zero attached hydrogens (tertiary/aromatic N) is 1. The van der Waals surface area contributed by atoms with Crippen molar-refractivity contribution in [3.63, 3.8) is 0 Å². The molecule has 2 rings (SSSR count). The van der Waals surface area contributed by atoms with Gasteiger partial charge in [0.2, 0.25) is 0 Å². The van der Waals surface area contributed by atoms with Crippen molar-refractivity contribution in [3.8, 4) is 5.75 Å². The molecule has 1 N–H and O–H groups in total. The lowest BCUT2D eigenvalue weighted by atomic mass is 9.85. The van der Waals surface area contributed by atoms with Crippen molar-refractivity contribution in [1.82, 2.24) is 4.90 Å². The second-order valence-electron chi connectivity index (χ2n) is 6.07. The van der Waals surface area contributed by atoms with Gasteiger partial charge in [-0.1, -0.05) is 29.8 Å². The van der Waals surface area contributed by atoms with E-state index in [1.54, 1.807) is 6.07 Å². The molecule has 0 aromatic heterocycles. The number of phenols is 1. The average molecular weight is 312 g/mol. The van der Waals surface area contributed by atoms with Gasteiger partial charge in [-0.25, -0.2) is 0 Å². The van der Waals surface area contributed by atoms with Crippen molar-refractivity contribution >= 4 is 15.9 Å². The fourth-order valence-electron chi connectivity index (χ4n) is 2.56. The highest BCUT2D eigenvalue weighted by molar-refractivity contribution is 9.10. The molecule has 0 saturated carbocycles. The van der Waals surface area contributed by atoms with Gasteiger partial charge < -0.3 is 5.11 Å². The molecule has 0 bridgehead atoms. The molecule has 0 atom stereocenters. The molecule has 100 valence electrons. The maximum absolute atomic E-state index is 9.89. The molecule has 1 aromatic rings. The van der Waals surface area contributed by atoms with Crippen molar-refractivity contribution < 1.29 is 5.11 Å². The van der Waals surface area contributed by atoms with Gasteiger partial charge in [-0.3, -0.25) is 4.90 Å². The largest absolute Gasteiger partial charge is 0.508 e. The summed E-state index contributed by atoms with van der Waals surface area (Å²) in [5.74, 6) is 0.404. The Labute approximate surface area is 118 Å². The Bertz CT molecular complexity index is 417. The van der Waals surface area contributed by atoms with Gasteiger partial charge >= 0.3 is 0 Å². The van der Waals surface area contributed by atoms with E-state index < -0.39 is 0 Å². The van der Waals surface area contributed by atoms with Crippen LogP contribution in [0, 0.1) is 5.41 Å². The number of hydrogen-bond donors (Lipinski definition) is 1.